The minimum Gasteiger partial charge on any atom is -0.481 e. The highest BCUT2D eigenvalue weighted by molar-refractivity contribution is 6.00. The van der Waals surface area contributed by atoms with E-state index >= 15 is 0 Å². The van der Waals surface area contributed by atoms with Gasteiger partial charge in [-0.05, 0) is 122 Å². The third-order valence-corrected chi connectivity index (χ3v) is 17.7. The van der Waals surface area contributed by atoms with E-state index in [2.05, 4.69) is 53.8 Å². The van der Waals surface area contributed by atoms with E-state index in [9.17, 15) is 19.5 Å². The third kappa shape index (κ3) is 5.32. The van der Waals surface area contributed by atoms with Gasteiger partial charge < -0.3 is 25.6 Å². The molecule has 6 aliphatic carbocycles. The predicted octanol–water partition coefficient (Wildman–Crippen LogP) is 7.33. The molecule has 0 aromatic carbocycles. The van der Waals surface area contributed by atoms with Crippen molar-refractivity contribution in [2.75, 3.05) is 26.3 Å². The number of aliphatic carboxylic acids is 1. The number of allylic oxidation sites excluding steroid dienone is 2. The Bertz CT molecular complexity index is 1490. The summed E-state index contributed by atoms with van der Waals surface area (Å²) in [5.41, 5.74) is 8.51. The lowest BCUT2D eigenvalue weighted by molar-refractivity contribution is -0.236. The number of nitrogens with one attached hydrogen (secondary N) is 1. The molecule has 1 aliphatic heterocycles. The Hall–Kier alpha value is -1.77. The van der Waals surface area contributed by atoms with Gasteiger partial charge in [-0.25, -0.2) is 0 Å². The predicted molar refractivity (Wildman–Crippen MR) is 198 cm³/mol. The molecule has 10 atom stereocenters. The Morgan fingerprint density at radius 2 is 1.61 bits per heavy atom. The molecule has 6 fully saturated rings. The normalized spacial score (nSPS) is 44.7. The van der Waals surface area contributed by atoms with Crippen LogP contribution in [0.3, 0.4) is 0 Å². The lowest BCUT2D eigenvalue weighted by Gasteiger charge is -2.72. The number of nitrogens with two attached hydrogens (primary N) is 1. The van der Waals surface area contributed by atoms with Crippen LogP contribution in [0.2, 0.25) is 0 Å². The highest BCUT2D eigenvalue weighted by atomic mass is 16.5. The van der Waals surface area contributed by atoms with E-state index in [0.717, 1.165) is 57.2 Å². The number of ketones is 1. The van der Waals surface area contributed by atoms with Crippen LogP contribution in [0.15, 0.2) is 11.1 Å². The molecule has 4 N–H and O–H groups in total. The van der Waals surface area contributed by atoms with E-state index in [0.29, 0.717) is 49.6 Å². The molecule has 51 heavy (non-hydrogen) atoms. The van der Waals surface area contributed by atoms with E-state index in [1.165, 1.54) is 19.3 Å². The number of hydrogen-bond donors (Lipinski definition) is 3. The average Bonchev–Trinajstić information content (AvgIpc) is 3.31. The Morgan fingerprint density at radius 1 is 0.902 bits per heavy atom. The zero-order valence-corrected chi connectivity index (χ0v) is 33.2. The van der Waals surface area contributed by atoms with Gasteiger partial charge in [0.05, 0.1) is 30.6 Å². The molecule has 0 amide bonds. The van der Waals surface area contributed by atoms with Crippen molar-refractivity contribution in [3.05, 3.63) is 11.1 Å². The van der Waals surface area contributed by atoms with Gasteiger partial charge in [0, 0.05) is 23.8 Å². The van der Waals surface area contributed by atoms with E-state index < -0.39 is 17.3 Å². The first kappa shape index (κ1) is 37.5. The first-order valence-electron chi connectivity index (χ1n) is 20.5. The summed E-state index contributed by atoms with van der Waals surface area (Å²) in [5, 5.41) is 13.3. The standard InChI is InChI=1S/C43H68N2O6/c1-25(2)33-29(46)21-42(18-19-45-22-43(44)23-50-24-43)17-16-40(8)26(34(33)42)10-11-31-39(7)14-13-32(38(5,6)30(39)12-15-41(31,40)9)51-36(49)28-20-27(35(47)48)37(28,3)4/h25-28,30-32,45H,10-24,44H2,1-9H3,(H,47,48)/t26-,27+,28-,30+,31-,32+,39+,40-,41-,42-/m1/s1. The van der Waals surface area contributed by atoms with Gasteiger partial charge in [-0.15, -0.1) is 0 Å². The minimum atomic E-state index is -0.816. The fourth-order valence-electron chi connectivity index (χ4n) is 14.3. The summed E-state index contributed by atoms with van der Waals surface area (Å²) in [6.45, 7) is 23.6. The van der Waals surface area contributed by atoms with Crippen molar-refractivity contribution in [3.63, 3.8) is 0 Å². The van der Waals surface area contributed by atoms with Crippen molar-refractivity contribution in [1.29, 1.82) is 0 Å². The minimum absolute atomic E-state index is 0.0422. The van der Waals surface area contributed by atoms with Gasteiger partial charge in [0.25, 0.3) is 0 Å². The fraction of sp³-hybridized carbons (Fsp3) is 0.884. The first-order valence-corrected chi connectivity index (χ1v) is 20.5. The van der Waals surface area contributed by atoms with Crippen molar-refractivity contribution in [2.24, 2.45) is 73.7 Å². The average molecular weight is 709 g/mol. The maximum absolute atomic E-state index is 14.0. The zero-order valence-electron chi connectivity index (χ0n) is 33.2. The molecule has 8 heteroatoms. The lowest BCUT2D eigenvalue weighted by atomic mass is 9.33. The first-order chi connectivity index (χ1) is 23.7. The SMILES string of the molecule is CC(C)C1=C2[C@H]3CC[C@@H]4[C@@]5(C)CC[C@H](OC(=O)[C@H]6C[C@@H](C(=O)O)C6(C)C)C(C)(C)[C@@H]5CC[C@@]4(C)[C@]3(C)CC[C@@]2(CCNCC2(N)COC2)CC1=O. The highest BCUT2D eigenvalue weighted by Gasteiger charge is 2.70. The molecule has 0 radical (unpaired) electrons. The molecule has 0 aromatic heterocycles. The highest BCUT2D eigenvalue weighted by Crippen LogP contribution is 2.77. The summed E-state index contributed by atoms with van der Waals surface area (Å²) in [4.78, 5) is 39.3. The Labute approximate surface area is 307 Å². The van der Waals surface area contributed by atoms with Crippen molar-refractivity contribution in [2.45, 2.75) is 145 Å². The van der Waals surface area contributed by atoms with Gasteiger partial charge in [-0.1, -0.05) is 67.9 Å². The van der Waals surface area contributed by atoms with Gasteiger partial charge in [0.15, 0.2) is 5.78 Å². The fourth-order valence-corrected chi connectivity index (χ4v) is 14.3. The van der Waals surface area contributed by atoms with E-state index in [4.69, 9.17) is 15.2 Å². The summed E-state index contributed by atoms with van der Waals surface area (Å²) >= 11 is 0. The van der Waals surface area contributed by atoms with Crippen LogP contribution in [0.25, 0.3) is 0 Å². The number of esters is 1. The van der Waals surface area contributed by atoms with Crippen LogP contribution < -0.4 is 11.1 Å². The van der Waals surface area contributed by atoms with Gasteiger partial charge in [-0.2, -0.15) is 0 Å². The summed E-state index contributed by atoms with van der Waals surface area (Å²) in [5.74, 6) is 0.213. The molecule has 8 nitrogen and oxygen atoms in total. The second kappa shape index (κ2) is 12.1. The molecule has 5 saturated carbocycles. The molecule has 0 spiro atoms. The number of Topliss-reactive ketones (excluding diaryl/α,β-unsaturated/α-hetero) is 1. The molecule has 286 valence electrons. The number of hydrogen-bond acceptors (Lipinski definition) is 7. The smallest absolute Gasteiger partial charge is 0.309 e. The van der Waals surface area contributed by atoms with Crippen molar-refractivity contribution < 1.29 is 29.0 Å². The third-order valence-electron chi connectivity index (χ3n) is 17.7. The summed E-state index contributed by atoms with van der Waals surface area (Å²) in [6, 6.07) is 0. The molecule has 7 rings (SSSR count). The topological polar surface area (TPSA) is 128 Å². The van der Waals surface area contributed by atoms with Crippen LogP contribution in [0.1, 0.15) is 133 Å². The van der Waals surface area contributed by atoms with E-state index in [1.807, 2.05) is 13.8 Å². The van der Waals surface area contributed by atoms with Crippen LogP contribution in [0.5, 0.6) is 0 Å². The maximum Gasteiger partial charge on any atom is 0.309 e. The molecule has 0 unspecified atom stereocenters. The second-order valence-corrected chi connectivity index (χ2v) is 21.0. The number of carbonyl (C=O) groups is 3. The molecular formula is C43H68N2O6. The molecule has 0 bridgehead atoms. The maximum atomic E-state index is 14.0. The number of carboxylic acids is 1. The summed E-state index contributed by atoms with van der Waals surface area (Å²) in [6.07, 6.45) is 10.7. The van der Waals surface area contributed by atoms with Gasteiger partial charge >= 0.3 is 11.9 Å². The Kier molecular flexibility index (Phi) is 8.92. The van der Waals surface area contributed by atoms with Crippen molar-refractivity contribution in [1.82, 2.24) is 5.32 Å². The van der Waals surface area contributed by atoms with Crippen LogP contribution in [0.4, 0.5) is 0 Å². The number of ether oxygens (including phenoxy) is 2. The van der Waals surface area contributed by atoms with E-state index in [-0.39, 0.29) is 56.5 Å². The quantitative estimate of drug-likeness (QED) is 0.168. The van der Waals surface area contributed by atoms with Crippen LogP contribution in [-0.4, -0.2) is 60.8 Å². The lowest BCUT2D eigenvalue weighted by Crippen LogP contribution is -2.66. The molecule has 1 heterocycles. The molecular weight excluding hydrogens is 640 g/mol. The molecule has 0 aromatic rings. The van der Waals surface area contributed by atoms with E-state index in [1.54, 1.807) is 5.57 Å². The van der Waals surface area contributed by atoms with Crippen LogP contribution in [-0.2, 0) is 23.9 Å². The number of rotatable bonds is 9. The number of carboxylic acid groups (broad SMARTS) is 1. The summed E-state index contributed by atoms with van der Waals surface area (Å²) in [7, 11) is 0. The Morgan fingerprint density at radius 3 is 2.22 bits per heavy atom. The van der Waals surface area contributed by atoms with Gasteiger partial charge in [0.1, 0.15) is 6.10 Å². The largest absolute Gasteiger partial charge is 0.481 e. The molecule has 1 saturated heterocycles. The van der Waals surface area contributed by atoms with Crippen LogP contribution in [0, 0.1) is 68.0 Å². The van der Waals surface area contributed by atoms with Crippen LogP contribution >= 0.6 is 0 Å². The summed E-state index contributed by atoms with van der Waals surface area (Å²) < 4.78 is 11.8. The van der Waals surface area contributed by atoms with Crippen molar-refractivity contribution in [3.8, 4) is 0 Å². The number of carbonyl (C=O) groups excluding carboxylic acids is 2. The monoisotopic (exact) mass is 709 g/mol. The van der Waals surface area contributed by atoms with Gasteiger partial charge in [0.2, 0.25) is 0 Å². The van der Waals surface area contributed by atoms with Gasteiger partial charge in [-0.3, -0.25) is 14.4 Å². The van der Waals surface area contributed by atoms with Crippen molar-refractivity contribution >= 4 is 17.7 Å². The Balaban J connectivity index is 1.12. The number of fused-ring (bicyclic) bond motifs is 7. The molecule has 7 aliphatic rings. The zero-order chi connectivity index (χ0) is 37.2. The second-order valence-electron chi connectivity index (χ2n) is 21.0.